The van der Waals surface area contributed by atoms with Gasteiger partial charge in [0.05, 0.1) is 6.04 Å². The van der Waals surface area contributed by atoms with Crippen molar-refractivity contribution in [1.82, 2.24) is 4.90 Å². The van der Waals surface area contributed by atoms with Crippen LogP contribution in [0.5, 0.6) is 0 Å². The summed E-state index contributed by atoms with van der Waals surface area (Å²) in [6, 6.07) is 10.5. The Morgan fingerprint density at radius 1 is 1.13 bits per heavy atom. The van der Waals surface area contributed by atoms with E-state index in [1.54, 1.807) is 0 Å². The van der Waals surface area contributed by atoms with Gasteiger partial charge in [-0.2, -0.15) is 0 Å². The SMILES string of the molecule is CCN(CC)[C@@H](C)C#Cc1ccccc1. The maximum absolute atomic E-state index is 3.28. The number of rotatable bonds is 3. The Balaban J connectivity index is 2.65. The highest BCUT2D eigenvalue weighted by Crippen LogP contribution is 1.99. The summed E-state index contributed by atoms with van der Waals surface area (Å²) < 4.78 is 0. The molecule has 1 rings (SSSR count). The van der Waals surface area contributed by atoms with Crippen molar-refractivity contribution in [2.75, 3.05) is 13.1 Å². The average Bonchev–Trinajstić information content (AvgIpc) is 2.29. The van der Waals surface area contributed by atoms with Gasteiger partial charge in [-0.05, 0) is 32.1 Å². The van der Waals surface area contributed by atoms with Gasteiger partial charge in [0.15, 0.2) is 0 Å². The lowest BCUT2D eigenvalue weighted by atomic mass is 10.2. The summed E-state index contributed by atoms with van der Waals surface area (Å²) in [5.41, 5.74) is 1.09. The predicted molar refractivity (Wildman–Crippen MR) is 65.7 cm³/mol. The Labute approximate surface area is 93.1 Å². The summed E-state index contributed by atoms with van der Waals surface area (Å²) in [7, 11) is 0. The molecule has 0 radical (unpaired) electrons. The van der Waals surface area contributed by atoms with Crippen molar-refractivity contribution < 1.29 is 0 Å². The van der Waals surface area contributed by atoms with E-state index in [1.807, 2.05) is 30.3 Å². The van der Waals surface area contributed by atoms with Gasteiger partial charge in [0.2, 0.25) is 0 Å². The minimum Gasteiger partial charge on any atom is -0.291 e. The second-order valence-electron chi connectivity index (χ2n) is 3.53. The van der Waals surface area contributed by atoms with Crippen molar-refractivity contribution >= 4 is 0 Å². The summed E-state index contributed by atoms with van der Waals surface area (Å²) in [6.07, 6.45) is 0. The second-order valence-corrected chi connectivity index (χ2v) is 3.53. The number of hydrogen-bond donors (Lipinski definition) is 0. The average molecular weight is 201 g/mol. The van der Waals surface area contributed by atoms with Crippen LogP contribution in [0.1, 0.15) is 26.3 Å². The van der Waals surface area contributed by atoms with Crippen LogP contribution < -0.4 is 0 Å². The smallest absolute Gasteiger partial charge is 0.0689 e. The Morgan fingerprint density at radius 2 is 1.73 bits per heavy atom. The van der Waals surface area contributed by atoms with Crippen LogP contribution in [-0.2, 0) is 0 Å². The third-order valence-corrected chi connectivity index (χ3v) is 2.56. The molecule has 15 heavy (non-hydrogen) atoms. The monoisotopic (exact) mass is 201 g/mol. The maximum Gasteiger partial charge on any atom is 0.0689 e. The topological polar surface area (TPSA) is 3.24 Å². The molecule has 1 aromatic rings. The highest BCUT2D eigenvalue weighted by atomic mass is 15.1. The van der Waals surface area contributed by atoms with Crippen molar-refractivity contribution in [2.45, 2.75) is 26.8 Å². The van der Waals surface area contributed by atoms with E-state index in [1.165, 1.54) is 0 Å². The van der Waals surface area contributed by atoms with Crippen molar-refractivity contribution in [2.24, 2.45) is 0 Å². The zero-order valence-corrected chi connectivity index (χ0v) is 9.83. The van der Waals surface area contributed by atoms with E-state index in [2.05, 4.69) is 37.5 Å². The van der Waals surface area contributed by atoms with E-state index in [0.29, 0.717) is 6.04 Å². The molecule has 1 aromatic carbocycles. The Bertz CT molecular complexity index is 327. The summed E-state index contributed by atoms with van der Waals surface area (Å²) >= 11 is 0. The van der Waals surface area contributed by atoms with Gasteiger partial charge >= 0.3 is 0 Å². The summed E-state index contributed by atoms with van der Waals surface area (Å²) in [6.45, 7) is 8.61. The molecule has 0 bridgehead atoms. The third-order valence-electron chi connectivity index (χ3n) is 2.56. The highest BCUT2D eigenvalue weighted by molar-refractivity contribution is 5.34. The quantitative estimate of drug-likeness (QED) is 0.680. The van der Waals surface area contributed by atoms with Gasteiger partial charge in [0, 0.05) is 5.56 Å². The van der Waals surface area contributed by atoms with Gasteiger partial charge in [0.1, 0.15) is 0 Å². The molecule has 0 aliphatic carbocycles. The Kier molecular flexibility index (Phi) is 4.93. The molecular formula is C14H19N. The molecule has 0 amide bonds. The van der Waals surface area contributed by atoms with Crippen LogP contribution >= 0.6 is 0 Å². The summed E-state index contributed by atoms with van der Waals surface area (Å²) in [4.78, 5) is 2.34. The van der Waals surface area contributed by atoms with Crippen LogP contribution in [0, 0.1) is 11.8 Å². The van der Waals surface area contributed by atoms with Crippen molar-refractivity contribution in [3.63, 3.8) is 0 Å². The van der Waals surface area contributed by atoms with E-state index < -0.39 is 0 Å². The first-order valence-corrected chi connectivity index (χ1v) is 5.58. The van der Waals surface area contributed by atoms with Crippen LogP contribution in [-0.4, -0.2) is 24.0 Å². The van der Waals surface area contributed by atoms with Crippen LogP contribution in [0.2, 0.25) is 0 Å². The molecule has 1 atom stereocenters. The lowest BCUT2D eigenvalue weighted by molar-refractivity contribution is 0.275. The number of hydrogen-bond acceptors (Lipinski definition) is 1. The molecular weight excluding hydrogens is 182 g/mol. The lowest BCUT2D eigenvalue weighted by Crippen LogP contribution is -2.31. The van der Waals surface area contributed by atoms with E-state index in [0.717, 1.165) is 18.7 Å². The van der Waals surface area contributed by atoms with Crippen LogP contribution in [0.4, 0.5) is 0 Å². The van der Waals surface area contributed by atoms with Gasteiger partial charge in [-0.25, -0.2) is 0 Å². The maximum atomic E-state index is 3.28. The van der Waals surface area contributed by atoms with E-state index in [4.69, 9.17) is 0 Å². The van der Waals surface area contributed by atoms with Crippen LogP contribution in [0.15, 0.2) is 30.3 Å². The van der Waals surface area contributed by atoms with E-state index in [-0.39, 0.29) is 0 Å². The summed E-state index contributed by atoms with van der Waals surface area (Å²) in [5, 5.41) is 0. The fourth-order valence-electron chi connectivity index (χ4n) is 1.57. The molecule has 0 fully saturated rings. The second kappa shape index (κ2) is 6.27. The molecule has 0 spiro atoms. The largest absolute Gasteiger partial charge is 0.291 e. The van der Waals surface area contributed by atoms with Gasteiger partial charge in [-0.1, -0.05) is 43.9 Å². The molecule has 0 saturated carbocycles. The third kappa shape index (κ3) is 3.77. The van der Waals surface area contributed by atoms with Gasteiger partial charge in [-0.3, -0.25) is 4.90 Å². The number of nitrogens with zero attached hydrogens (tertiary/aromatic N) is 1. The molecule has 0 aliphatic heterocycles. The zero-order chi connectivity index (χ0) is 11.1. The Morgan fingerprint density at radius 3 is 2.27 bits per heavy atom. The zero-order valence-electron chi connectivity index (χ0n) is 9.83. The van der Waals surface area contributed by atoms with E-state index in [9.17, 15) is 0 Å². The van der Waals surface area contributed by atoms with Crippen molar-refractivity contribution in [1.29, 1.82) is 0 Å². The van der Waals surface area contributed by atoms with Gasteiger partial charge in [-0.15, -0.1) is 0 Å². The first-order valence-electron chi connectivity index (χ1n) is 5.58. The standard InChI is InChI=1S/C14H19N/c1-4-15(5-2)13(3)11-12-14-9-7-6-8-10-14/h6-10,13H,4-5H2,1-3H3/t13-/m0/s1. The van der Waals surface area contributed by atoms with Crippen molar-refractivity contribution in [3.05, 3.63) is 35.9 Å². The van der Waals surface area contributed by atoms with Crippen LogP contribution in [0.3, 0.4) is 0 Å². The molecule has 0 N–H and O–H groups in total. The highest BCUT2D eigenvalue weighted by Gasteiger charge is 2.05. The minimum atomic E-state index is 0.334. The lowest BCUT2D eigenvalue weighted by Gasteiger charge is -2.21. The first-order chi connectivity index (χ1) is 7.27. The van der Waals surface area contributed by atoms with Gasteiger partial charge in [0.25, 0.3) is 0 Å². The molecule has 1 heteroatoms. The predicted octanol–water partition coefficient (Wildman–Crippen LogP) is 2.77. The molecule has 0 aliphatic rings. The molecule has 0 unspecified atom stereocenters. The van der Waals surface area contributed by atoms with E-state index >= 15 is 0 Å². The minimum absolute atomic E-state index is 0.334. The van der Waals surface area contributed by atoms with Crippen LogP contribution in [0.25, 0.3) is 0 Å². The fraction of sp³-hybridized carbons (Fsp3) is 0.429. The van der Waals surface area contributed by atoms with Gasteiger partial charge < -0.3 is 0 Å². The molecule has 0 saturated heterocycles. The Hall–Kier alpha value is -1.26. The summed E-state index contributed by atoms with van der Waals surface area (Å²) in [5.74, 6) is 6.48. The fourth-order valence-corrected chi connectivity index (χ4v) is 1.57. The molecule has 0 aromatic heterocycles. The molecule has 0 heterocycles. The normalized spacial score (nSPS) is 12.0. The van der Waals surface area contributed by atoms with Crippen molar-refractivity contribution in [3.8, 4) is 11.8 Å². The number of benzene rings is 1. The molecule has 1 nitrogen and oxygen atoms in total. The molecule has 80 valence electrons. The first kappa shape index (κ1) is 11.8.